The highest BCUT2D eigenvalue weighted by Gasteiger charge is 2.32. The first kappa shape index (κ1) is 17.3. The van der Waals surface area contributed by atoms with Gasteiger partial charge in [-0.05, 0) is 68.6 Å². The molecule has 0 N–H and O–H groups in total. The number of ketones is 1. The summed E-state index contributed by atoms with van der Waals surface area (Å²) in [6, 6.07) is 6.81. The summed E-state index contributed by atoms with van der Waals surface area (Å²) < 4.78 is 2.29. The van der Waals surface area contributed by atoms with E-state index in [0.29, 0.717) is 11.8 Å². The number of fused-ring (bicyclic) bond motifs is 1. The number of Topliss-reactive ketones (excluding diaryl/α,β-unsaturated/α-hetero) is 1. The topological polar surface area (TPSA) is 51.0 Å². The molecular formula is C21H26N4OS. The third-order valence-corrected chi connectivity index (χ3v) is 6.89. The molecule has 1 aromatic carbocycles. The molecule has 1 saturated heterocycles. The van der Waals surface area contributed by atoms with Crippen molar-refractivity contribution >= 4 is 23.5 Å². The molecule has 2 aromatic rings. The maximum atomic E-state index is 12.8. The van der Waals surface area contributed by atoms with Gasteiger partial charge >= 0.3 is 0 Å². The van der Waals surface area contributed by atoms with Gasteiger partial charge in [0.15, 0.2) is 10.9 Å². The Morgan fingerprint density at radius 3 is 2.59 bits per heavy atom. The zero-order chi connectivity index (χ0) is 18.2. The smallest absolute Gasteiger partial charge is 0.228 e. The number of aromatic nitrogens is 3. The summed E-state index contributed by atoms with van der Waals surface area (Å²) in [7, 11) is 0. The van der Waals surface area contributed by atoms with Crippen molar-refractivity contribution in [1.82, 2.24) is 14.8 Å². The lowest BCUT2D eigenvalue weighted by atomic mass is 9.90. The molecule has 2 aliphatic carbocycles. The SMILES string of the molecule is O=C(CSc1nnc(N2CCCC2)n1C1CC1)c1ccc2c(c1)CCCC2. The van der Waals surface area contributed by atoms with Crippen LogP contribution in [0.3, 0.4) is 0 Å². The summed E-state index contributed by atoms with van der Waals surface area (Å²) in [5.74, 6) is 1.64. The largest absolute Gasteiger partial charge is 0.341 e. The number of rotatable bonds is 6. The van der Waals surface area contributed by atoms with Gasteiger partial charge in [-0.25, -0.2) is 0 Å². The Hall–Kier alpha value is -1.82. The average molecular weight is 383 g/mol. The van der Waals surface area contributed by atoms with Gasteiger partial charge in [-0.2, -0.15) is 0 Å². The second-order valence-corrected chi connectivity index (χ2v) is 8.92. The van der Waals surface area contributed by atoms with Gasteiger partial charge in [0.05, 0.1) is 5.75 Å². The van der Waals surface area contributed by atoms with Crippen molar-refractivity contribution in [3.05, 3.63) is 34.9 Å². The number of carbonyl (C=O) groups is 1. The molecule has 1 saturated carbocycles. The summed E-state index contributed by atoms with van der Waals surface area (Å²) in [5, 5.41) is 9.82. The van der Waals surface area contributed by atoms with Crippen LogP contribution < -0.4 is 4.90 Å². The van der Waals surface area contributed by atoms with Crippen LogP contribution in [0.2, 0.25) is 0 Å². The molecule has 6 heteroatoms. The molecule has 0 spiro atoms. The van der Waals surface area contributed by atoms with Crippen molar-refractivity contribution in [2.24, 2.45) is 0 Å². The van der Waals surface area contributed by atoms with Crippen molar-refractivity contribution in [2.75, 3.05) is 23.7 Å². The highest BCUT2D eigenvalue weighted by molar-refractivity contribution is 7.99. The van der Waals surface area contributed by atoms with Crippen LogP contribution in [-0.4, -0.2) is 39.4 Å². The van der Waals surface area contributed by atoms with E-state index in [1.165, 1.54) is 49.7 Å². The van der Waals surface area contributed by atoms with E-state index in [-0.39, 0.29) is 5.78 Å². The summed E-state index contributed by atoms with van der Waals surface area (Å²) >= 11 is 1.55. The van der Waals surface area contributed by atoms with Crippen molar-refractivity contribution in [2.45, 2.75) is 62.6 Å². The van der Waals surface area contributed by atoms with Gasteiger partial charge in [-0.3, -0.25) is 9.36 Å². The van der Waals surface area contributed by atoms with Crippen LogP contribution in [0, 0.1) is 0 Å². The zero-order valence-electron chi connectivity index (χ0n) is 15.7. The predicted octanol–water partition coefficient (Wildman–Crippen LogP) is 4.07. The lowest BCUT2D eigenvalue weighted by molar-refractivity contribution is 0.102. The highest BCUT2D eigenvalue weighted by Crippen LogP contribution is 2.41. The number of anilines is 1. The fraction of sp³-hybridized carbons (Fsp3) is 0.571. The van der Waals surface area contributed by atoms with Crippen LogP contribution in [-0.2, 0) is 12.8 Å². The second-order valence-electron chi connectivity index (χ2n) is 7.98. The third kappa shape index (κ3) is 3.51. The Morgan fingerprint density at radius 2 is 1.81 bits per heavy atom. The van der Waals surface area contributed by atoms with Gasteiger partial charge in [-0.1, -0.05) is 23.9 Å². The van der Waals surface area contributed by atoms with Crippen molar-refractivity contribution in [1.29, 1.82) is 0 Å². The molecule has 0 atom stereocenters. The molecule has 1 aliphatic heterocycles. The summed E-state index contributed by atoms with van der Waals surface area (Å²) in [6.07, 6.45) is 9.64. The molecule has 5 nitrogen and oxygen atoms in total. The van der Waals surface area contributed by atoms with Crippen LogP contribution in [0.25, 0.3) is 0 Å². The average Bonchev–Trinajstić information content (AvgIpc) is 3.23. The second kappa shape index (κ2) is 7.30. The van der Waals surface area contributed by atoms with Crippen LogP contribution in [0.1, 0.15) is 66.1 Å². The molecule has 0 bridgehead atoms. The van der Waals surface area contributed by atoms with Crippen molar-refractivity contribution < 1.29 is 4.79 Å². The molecule has 0 amide bonds. The Kier molecular flexibility index (Phi) is 4.68. The number of thioether (sulfide) groups is 1. The van der Waals surface area contributed by atoms with Gasteiger partial charge in [-0.15, -0.1) is 10.2 Å². The zero-order valence-corrected chi connectivity index (χ0v) is 16.5. The Balaban J connectivity index is 1.30. The van der Waals surface area contributed by atoms with E-state index in [9.17, 15) is 4.79 Å². The monoisotopic (exact) mass is 382 g/mol. The Morgan fingerprint density at radius 1 is 1.04 bits per heavy atom. The molecule has 0 radical (unpaired) electrons. The van der Waals surface area contributed by atoms with E-state index in [4.69, 9.17) is 0 Å². The number of hydrogen-bond donors (Lipinski definition) is 0. The van der Waals surface area contributed by atoms with E-state index >= 15 is 0 Å². The Labute approximate surface area is 164 Å². The molecule has 142 valence electrons. The maximum absolute atomic E-state index is 12.8. The lowest BCUT2D eigenvalue weighted by Gasteiger charge is -2.18. The van der Waals surface area contributed by atoms with Gasteiger partial charge in [0, 0.05) is 24.7 Å². The fourth-order valence-electron chi connectivity index (χ4n) is 4.27. The van der Waals surface area contributed by atoms with Crippen LogP contribution >= 0.6 is 11.8 Å². The van der Waals surface area contributed by atoms with E-state index in [0.717, 1.165) is 42.6 Å². The normalized spacial score (nSPS) is 19.3. The third-order valence-electron chi connectivity index (χ3n) is 5.95. The predicted molar refractivity (Wildman–Crippen MR) is 108 cm³/mol. The molecule has 27 heavy (non-hydrogen) atoms. The minimum atomic E-state index is 0.196. The first-order valence-corrected chi connectivity index (χ1v) is 11.3. The quantitative estimate of drug-likeness (QED) is 0.557. The number of carbonyl (C=O) groups excluding carboxylic acids is 1. The molecule has 5 rings (SSSR count). The number of aryl methyl sites for hydroxylation is 2. The molecule has 0 unspecified atom stereocenters. The standard InChI is InChI=1S/C21H26N4OS/c26-19(17-8-7-15-5-1-2-6-16(15)13-17)14-27-21-23-22-20(24-11-3-4-12-24)25(21)18-9-10-18/h7-8,13,18H,1-6,9-12,14H2. The van der Waals surface area contributed by atoms with Gasteiger partial charge in [0.2, 0.25) is 5.95 Å². The van der Waals surface area contributed by atoms with Gasteiger partial charge in [0.25, 0.3) is 0 Å². The molecule has 3 aliphatic rings. The van der Waals surface area contributed by atoms with Crippen molar-refractivity contribution in [3.63, 3.8) is 0 Å². The highest BCUT2D eigenvalue weighted by atomic mass is 32.2. The molecular weight excluding hydrogens is 356 g/mol. The minimum absolute atomic E-state index is 0.196. The summed E-state index contributed by atoms with van der Waals surface area (Å²) in [5.41, 5.74) is 3.64. The van der Waals surface area contributed by atoms with Crippen LogP contribution in [0.15, 0.2) is 23.4 Å². The number of hydrogen-bond acceptors (Lipinski definition) is 5. The maximum Gasteiger partial charge on any atom is 0.228 e. The van der Waals surface area contributed by atoms with Gasteiger partial charge < -0.3 is 4.90 Å². The fourth-order valence-corrected chi connectivity index (χ4v) is 5.17. The van der Waals surface area contributed by atoms with E-state index in [1.54, 1.807) is 11.8 Å². The van der Waals surface area contributed by atoms with Crippen LogP contribution in [0.4, 0.5) is 5.95 Å². The molecule has 2 heterocycles. The molecule has 2 fully saturated rings. The van der Waals surface area contributed by atoms with E-state index in [2.05, 4.69) is 31.8 Å². The first-order valence-electron chi connectivity index (χ1n) is 10.3. The lowest BCUT2D eigenvalue weighted by Crippen LogP contribution is -2.22. The number of nitrogens with zero attached hydrogens (tertiary/aromatic N) is 4. The summed E-state index contributed by atoms with van der Waals surface area (Å²) in [6.45, 7) is 2.15. The first-order chi connectivity index (χ1) is 13.3. The van der Waals surface area contributed by atoms with Crippen molar-refractivity contribution in [3.8, 4) is 0 Å². The van der Waals surface area contributed by atoms with Gasteiger partial charge in [0.1, 0.15) is 0 Å². The Bertz CT molecular complexity index is 852. The summed E-state index contributed by atoms with van der Waals surface area (Å²) in [4.78, 5) is 15.1. The van der Waals surface area contributed by atoms with E-state index < -0.39 is 0 Å². The van der Waals surface area contributed by atoms with E-state index in [1.807, 2.05) is 6.07 Å². The number of benzene rings is 1. The molecule has 1 aromatic heterocycles. The minimum Gasteiger partial charge on any atom is -0.341 e. The van der Waals surface area contributed by atoms with Crippen LogP contribution in [0.5, 0.6) is 0 Å².